The minimum absolute atomic E-state index is 0.0892. The molecule has 0 heterocycles. The normalized spacial score (nSPS) is 11.6. The number of nitro groups is 1. The van der Waals surface area contributed by atoms with Crippen molar-refractivity contribution >= 4 is 5.69 Å². The minimum atomic E-state index is -0.693. The number of nitro benzene ring substituents is 1. The van der Waals surface area contributed by atoms with Crippen molar-refractivity contribution in [3.63, 3.8) is 0 Å². The number of hydrogen-bond donors (Lipinski definition) is 1. The van der Waals surface area contributed by atoms with Crippen LogP contribution >= 0.6 is 0 Å². The van der Waals surface area contributed by atoms with Crippen LogP contribution in [0, 0.1) is 21.4 Å². The number of ether oxygens (including phenoxy) is 1. The molecule has 1 unspecified atom stereocenters. The summed E-state index contributed by atoms with van der Waals surface area (Å²) < 4.78 is 5.29. The van der Waals surface area contributed by atoms with E-state index in [4.69, 9.17) is 15.7 Å². The monoisotopic (exact) mass is 235 g/mol. The Labute approximate surface area is 98.8 Å². The number of nitrogens with two attached hydrogens (primary N) is 1. The van der Waals surface area contributed by atoms with Gasteiger partial charge in [0.25, 0.3) is 0 Å². The van der Waals surface area contributed by atoms with Crippen LogP contribution in [0.2, 0.25) is 0 Å². The molecule has 0 aliphatic heterocycles. The van der Waals surface area contributed by atoms with Gasteiger partial charge in [0.05, 0.1) is 4.92 Å². The lowest BCUT2D eigenvalue weighted by atomic mass is 10.2. The lowest BCUT2D eigenvalue weighted by Gasteiger charge is -2.11. The van der Waals surface area contributed by atoms with Gasteiger partial charge in [-0.15, -0.1) is 0 Å². The fourth-order valence-corrected chi connectivity index (χ4v) is 1.28. The van der Waals surface area contributed by atoms with E-state index in [1.807, 2.05) is 6.07 Å². The lowest BCUT2D eigenvalue weighted by molar-refractivity contribution is -0.386. The SMILES string of the molecule is CCC(C#N)Oc1cc(CN)ccc1[N+](=O)[O-]. The van der Waals surface area contributed by atoms with Crippen LogP contribution in [0.4, 0.5) is 5.69 Å². The highest BCUT2D eigenvalue weighted by Crippen LogP contribution is 2.29. The third-order valence-electron chi connectivity index (χ3n) is 2.24. The Morgan fingerprint density at radius 3 is 2.82 bits per heavy atom. The summed E-state index contributed by atoms with van der Waals surface area (Å²) in [5.41, 5.74) is 6.01. The van der Waals surface area contributed by atoms with E-state index in [1.165, 1.54) is 12.1 Å². The van der Waals surface area contributed by atoms with Crippen LogP contribution in [0.5, 0.6) is 5.75 Å². The Bertz CT molecular complexity index is 454. The van der Waals surface area contributed by atoms with Crippen LogP contribution in [0.1, 0.15) is 18.9 Å². The molecule has 90 valence electrons. The molecule has 1 aromatic rings. The number of nitrogens with zero attached hydrogens (tertiary/aromatic N) is 2. The number of benzene rings is 1. The third-order valence-corrected chi connectivity index (χ3v) is 2.24. The molecule has 1 atom stereocenters. The molecule has 0 bridgehead atoms. The number of nitriles is 1. The number of hydrogen-bond acceptors (Lipinski definition) is 5. The Kier molecular flexibility index (Phi) is 4.43. The summed E-state index contributed by atoms with van der Waals surface area (Å²) in [6.45, 7) is 2.03. The first-order valence-corrected chi connectivity index (χ1v) is 5.16. The highest BCUT2D eigenvalue weighted by Gasteiger charge is 2.18. The van der Waals surface area contributed by atoms with E-state index in [0.717, 1.165) is 5.56 Å². The Morgan fingerprint density at radius 2 is 2.35 bits per heavy atom. The molecule has 17 heavy (non-hydrogen) atoms. The summed E-state index contributed by atoms with van der Waals surface area (Å²) in [5.74, 6) is 0.0892. The average molecular weight is 235 g/mol. The maximum absolute atomic E-state index is 10.8. The van der Waals surface area contributed by atoms with E-state index in [2.05, 4.69) is 0 Å². The zero-order valence-corrected chi connectivity index (χ0v) is 9.42. The van der Waals surface area contributed by atoms with Crippen LogP contribution < -0.4 is 10.5 Å². The Morgan fingerprint density at radius 1 is 1.65 bits per heavy atom. The Hall–Kier alpha value is -2.13. The summed E-state index contributed by atoms with van der Waals surface area (Å²) >= 11 is 0. The van der Waals surface area contributed by atoms with E-state index in [1.54, 1.807) is 13.0 Å². The van der Waals surface area contributed by atoms with Gasteiger partial charge >= 0.3 is 5.69 Å². The van der Waals surface area contributed by atoms with Crippen molar-refractivity contribution < 1.29 is 9.66 Å². The second kappa shape index (κ2) is 5.82. The molecular formula is C11H13N3O3. The van der Waals surface area contributed by atoms with Gasteiger partial charge < -0.3 is 10.5 Å². The maximum Gasteiger partial charge on any atom is 0.310 e. The van der Waals surface area contributed by atoms with Crippen LogP contribution in [0.25, 0.3) is 0 Å². The van der Waals surface area contributed by atoms with Gasteiger partial charge in [-0.25, -0.2) is 0 Å². The van der Waals surface area contributed by atoms with Crippen molar-refractivity contribution in [1.29, 1.82) is 5.26 Å². The van der Waals surface area contributed by atoms with E-state index >= 15 is 0 Å². The molecular weight excluding hydrogens is 222 g/mol. The van der Waals surface area contributed by atoms with Crippen LogP contribution in [0.15, 0.2) is 18.2 Å². The first-order valence-electron chi connectivity index (χ1n) is 5.16. The van der Waals surface area contributed by atoms with Gasteiger partial charge in [0.2, 0.25) is 0 Å². The van der Waals surface area contributed by atoms with Gasteiger partial charge in [-0.05, 0) is 18.1 Å². The zero-order chi connectivity index (χ0) is 12.8. The van der Waals surface area contributed by atoms with Gasteiger partial charge in [-0.3, -0.25) is 10.1 Å². The van der Waals surface area contributed by atoms with Crippen LogP contribution in [-0.2, 0) is 6.54 Å². The molecule has 0 aromatic heterocycles. The summed E-state index contributed by atoms with van der Waals surface area (Å²) in [6, 6.07) is 6.33. The van der Waals surface area contributed by atoms with E-state index in [9.17, 15) is 10.1 Å². The van der Waals surface area contributed by atoms with Crippen LogP contribution in [0.3, 0.4) is 0 Å². The third kappa shape index (κ3) is 3.16. The van der Waals surface area contributed by atoms with E-state index < -0.39 is 11.0 Å². The molecule has 0 amide bonds. The molecule has 2 N–H and O–H groups in total. The molecule has 6 nitrogen and oxygen atoms in total. The van der Waals surface area contributed by atoms with Crippen molar-refractivity contribution in [3.05, 3.63) is 33.9 Å². The highest BCUT2D eigenvalue weighted by molar-refractivity contribution is 5.48. The lowest BCUT2D eigenvalue weighted by Crippen LogP contribution is -2.13. The van der Waals surface area contributed by atoms with Gasteiger partial charge in [-0.1, -0.05) is 13.0 Å². The number of rotatable bonds is 5. The first-order chi connectivity index (χ1) is 8.12. The topological polar surface area (TPSA) is 102 Å². The first kappa shape index (κ1) is 12.9. The van der Waals surface area contributed by atoms with Crippen molar-refractivity contribution in [2.75, 3.05) is 0 Å². The van der Waals surface area contributed by atoms with Gasteiger partial charge in [0.1, 0.15) is 6.07 Å². The summed E-state index contributed by atoms with van der Waals surface area (Å²) in [6.07, 6.45) is -0.234. The standard InChI is InChI=1S/C11H13N3O3/c1-2-9(7-13)17-11-5-8(6-12)3-4-10(11)14(15)16/h3-5,9H,2,6,12H2,1H3. The van der Waals surface area contributed by atoms with Crippen LogP contribution in [-0.4, -0.2) is 11.0 Å². The largest absolute Gasteiger partial charge is 0.468 e. The smallest absolute Gasteiger partial charge is 0.310 e. The molecule has 1 rings (SSSR count). The zero-order valence-electron chi connectivity index (χ0n) is 9.42. The average Bonchev–Trinajstić information content (AvgIpc) is 2.35. The summed E-state index contributed by atoms with van der Waals surface area (Å²) in [4.78, 5) is 10.2. The van der Waals surface area contributed by atoms with E-state index in [0.29, 0.717) is 6.42 Å². The van der Waals surface area contributed by atoms with Gasteiger partial charge in [-0.2, -0.15) is 5.26 Å². The molecule has 0 aliphatic carbocycles. The summed E-state index contributed by atoms with van der Waals surface area (Å²) in [7, 11) is 0. The fourth-order valence-electron chi connectivity index (χ4n) is 1.28. The predicted molar refractivity (Wildman–Crippen MR) is 61.3 cm³/mol. The summed E-state index contributed by atoms with van der Waals surface area (Å²) in [5, 5.41) is 19.6. The second-order valence-corrected chi connectivity index (χ2v) is 3.41. The molecule has 0 fully saturated rings. The molecule has 0 spiro atoms. The molecule has 0 radical (unpaired) electrons. The predicted octanol–water partition coefficient (Wildman–Crippen LogP) is 1.73. The molecule has 0 saturated carbocycles. The molecule has 6 heteroatoms. The second-order valence-electron chi connectivity index (χ2n) is 3.41. The van der Waals surface area contributed by atoms with E-state index in [-0.39, 0.29) is 18.0 Å². The van der Waals surface area contributed by atoms with Gasteiger partial charge in [0, 0.05) is 12.6 Å². The Balaban J connectivity index is 3.09. The minimum Gasteiger partial charge on any atom is -0.468 e. The van der Waals surface area contributed by atoms with Crippen molar-refractivity contribution in [1.82, 2.24) is 0 Å². The van der Waals surface area contributed by atoms with Gasteiger partial charge in [0.15, 0.2) is 11.9 Å². The fraction of sp³-hybridized carbons (Fsp3) is 0.364. The van der Waals surface area contributed by atoms with Crippen molar-refractivity contribution in [3.8, 4) is 11.8 Å². The molecule has 0 aliphatic rings. The van der Waals surface area contributed by atoms with Crippen molar-refractivity contribution in [2.24, 2.45) is 5.73 Å². The quantitative estimate of drug-likeness (QED) is 0.618. The maximum atomic E-state index is 10.8. The molecule has 0 saturated heterocycles. The highest BCUT2D eigenvalue weighted by atomic mass is 16.6. The molecule has 1 aromatic carbocycles. The van der Waals surface area contributed by atoms with Crippen molar-refractivity contribution in [2.45, 2.75) is 26.0 Å².